The molecule has 0 bridgehead atoms. The average Bonchev–Trinajstić information content (AvgIpc) is 3.47. The molecule has 0 aromatic carbocycles. The molecule has 0 fully saturated rings. The van der Waals surface area contributed by atoms with Crippen LogP contribution in [0.5, 0.6) is 0 Å². The van der Waals surface area contributed by atoms with E-state index in [1.54, 1.807) is 6.08 Å². The molecule has 6 nitrogen and oxygen atoms in total. The second-order valence-corrected chi connectivity index (χ2v) is 22.7. The fourth-order valence-corrected chi connectivity index (χ4v) is 9.62. The lowest BCUT2D eigenvalue weighted by Crippen LogP contribution is -2.30. The Hall–Kier alpha value is -4.19. The van der Waals surface area contributed by atoms with Crippen LogP contribution in [0, 0.1) is 0 Å². The van der Waals surface area contributed by atoms with Crippen molar-refractivity contribution in [2.75, 3.05) is 13.2 Å². The maximum absolute atomic E-state index is 12.8. The fraction of sp³-hybridized carbons (Fsp3) is 0.697. The largest absolute Gasteiger partial charge is 0.462 e. The summed E-state index contributed by atoms with van der Waals surface area (Å²) >= 11 is 0. The number of allylic oxidation sites excluding steroid dienone is 19. The summed E-state index contributed by atoms with van der Waals surface area (Å²) in [6.07, 6.45) is 97.0. The maximum Gasteiger partial charge on any atom is 0.310 e. The van der Waals surface area contributed by atoms with Gasteiger partial charge in [-0.15, -0.1) is 0 Å². The van der Waals surface area contributed by atoms with Crippen molar-refractivity contribution in [3.8, 4) is 0 Å². The third kappa shape index (κ3) is 66.6. The Morgan fingerprint density at radius 2 is 0.512 bits per heavy atom. The number of unbranched alkanes of at least 4 members (excludes halogenated alkanes) is 32. The van der Waals surface area contributed by atoms with E-state index in [0.29, 0.717) is 12.8 Å². The normalized spacial score (nSPS) is 12.9. The van der Waals surface area contributed by atoms with Gasteiger partial charge in [0, 0.05) is 12.8 Å². The lowest BCUT2D eigenvalue weighted by molar-refractivity contribution is -0.166. The molecule has 0 saturated carbocycles. The molecule has 0 rings (SSSR count). The Morgan fingerprint density at radius 3 is 0.817 bits per heavy atom. The SMILES string of the molecule is CC/C=C\C/C=C\C/C=C\C/C=C\C/C=C\CC(=O)OC(COC(=O)CCCCCCC/C=C\CCCCCCC)COC(=O)CCCCCCCCCCCCCCCCCCCCCCCC/C=C\C/C=C\C/C=C\C/C=C\CC. The molecule has 0 heterocycles. The number of hydrogen-bond donors (Lipinski definition) is 0. The van der Waals surface area contributed by atoms with Crippen molar-refractivity contribution in [2.24, 2.45) is 0 Å². The summed E-state index contributed by atoms with van der Waals surface area (Å²) in [6, 6.07) is 0. The summed E-state index contributed by atoms with van der Waals surface area (Å²) < 4.78 is 16.8. The first kappa shape index (κ1) is 77.8. The monoisotopic (exact) mass is 1140 g/mol. The Bertz CT molecular complexity index is 1690. The van der Waals surface area contributed by atoms with Crippen molar-refractivity contribution in [2.45, 2.75) is 329 Å². The van der Waals surface area contributed by atoms with Gasteiger partial charge in [-0.2, -0.15) is 0 Å². The zero-order valence-corrected chi connectivity index (χ0v) is 53.7. The zero-order chi connectivity index (χ0) is 59.2. The van der Waals surface area contributed by atoms with Crippen LogP contribution in [0.1, 0.15) is 323 Å². The molecule has 6 heteroatoms. The van der Waals surface area contributed by atoms with Crippen molar-refractivity contribution < 1.29 is 28.6 Å². The first-order valence-electron chi connectivity index (χ1n) is 34.5. The van der Waals surface area contributed by atoms with Gasteiger partial charge in [0.1, 0.15) is 13.2 Å². The molecule has 0 saturated heterocycles. The number of hydrogen-bond acceptors (Lipinski definition) is 6. The highest BCUT2D eigenvalue weighted by atomic mass is 16.6. The van der Waals surface area contributed by atoms with Gasteiger partial charge >= 0.3 is 17.9 Å². The summed E-state index contributed by atoms with van der Waals surface area (Å²) in [7, 11) is 0. The summed E-state index contributed by atoms with van der Waals surface area (Å²) in [4.78, 5) is 38.2. The van der Waals surface area contributed by atoms with Crippen LogP contribution in [0.25, 0.3) is 0 Å². The number of carbonyl (C=O) groups is 3. The highest BCUT2D eigenvalue weighted by molar-refractivity contribution is 5.72. The van der Waals surface area contributed by atoms with E-state index < -0.39 is 12.1 Å². The molecule has 0 aromatic heterocycles. The van der Waals surface area contributed by atoms with E-state index in [2.05, 4.69) is 130 Å². The van der Waals surface area contributed by atoms with Gasteiger partial charge in [0.05, 0.1) is 6.42 Å². The molecular weight excluding hydrogens is 1010 g/mol. The first-order chi connectivity index (χ1) is 40.5. The molecule has 0 aromatic rings. The van der Waals surface area contributed by atoms with Gasteiger partial charge in [-0.25, -0.2) is 0 Å². The molecule has 0 spiro atoms. The van der Waals surface area contributed by atoms with Gasteiger partial charge in [-0.3, -0.25) is 14.4 Å². The van der Waals surface area contributed by atoms with Crippen LogP contribution in [0.2, 0.25) is 0 Å². The molecule has 0 aliphatic heterocycles. The van der Waals surface area contributed by atoms with Crippen molar-refractivity contribution in [1.82, 2.24) is 0 Å². The standard InChI is InChI=1S/C76H128O6/c1-4-7-10-13-16-19-22-25-28-29-30-31-32-33-34-35-36-37-38-39-40-41-42-43-44-45-46-47-49-51-54-57-60-63-66-69-75(78)81-72-73(71-80-74(77)68-65-62-59-56-53-50-27-24-21-18-15-12-9-6-3)82-76(79)70-67-64-61-58-55-52-48-26-23-20-17-14-11-8-5-2/h7-8,10-11,16-17,19-20,24-28,30-31,48,55,58,64,67,73H,4-6,9,12-15,18,21-23,29,32-47,49-54,56-57,59-63,65-66,68-72H2,1-3H3/b10-7-,11-8-,19-16-,20-17-,27-24-,28-25-,31-30-,48-26-,58-55-,67-64-. The minimum atomic E-state index is -0.836. The van der Waals surface area contributed by atoms with E-state index in [1.165, 1.54) is 173 Å². The van der Waals surface area contributed by atoms with E-state index in [9.17, 15) is 14.4 Å². The lowest BCUT2D eigenvalue weighted by atomic mass is 10.0. The Kier molecular flexibility index (Phi) is 65.8. The molecule has 0 amide bonds. The Morgan fingerprint density at radius 1 is 0.268 bits per heavy atom. The average molecular weight is 1140 g/mol. The molecule has 468 valence electrons. The Balaban J connectivity index is 4.17. The lowest BCUT2D eigenvalue weighted by Gasteiger charge is -2.18. The van der Waals surface area contributed by atoms with Crippen molar-refractivity contribution in [1.29, 1.82) is 0 Å². The molecule has 0 radical (unpaired) electrons. The van der Waals surface area contributed by atoms with Crippen LogP contribution in [0.3, 0.4) is 0 Å². The summed E-state index contributed by atoms with van der Waals surface area (Å²) in [5, 5.41) is 0. The summed E-state index contributed by atoms with van der Waals surface area (Å²) in [5.74, 6) is -1.05. The first-order valence-corrected chi connectivity index (χ1v) is 34.5. The van der Waals surface area contributed by atoms with Gasteiger partial charge in [0.15, 0.2) is 6.10 Å². The predicted octanol–water partition coefficient (Wildman–Crippen LogP) is 23.9. The van der Waals surface area contributed by atoms with Crippen LogP contribution >= 0.6 is 0 Å². The van der Waals surface area contributed by atoms with Crippen LogP contribution < -0.4 is 0 Å². The van der Waals surface area contributed by atoms with E-state index in [0.717, 1.165) is 109 Å². The topological polar surface area (TPSA) is 78.9 Å². The molecular formula is C76H128O6. The highest BCUT2D eigenvalue weighted by Gasteiger charge is 2.19. The third-order valence-electron chi connectivity index (χ3n) is 14.7. The molecule has 1 atom stereocenters. The van der Waals surface area contributed by atoms with Crippen molar-refractivity contribution in [3.05, 3.63) is 122 Å². The number of carbonyl (C=O) groups excluding carboxylic acids is 3. The molecule has 0 aliphatic carbocycles. The van der Waals surface area contributed by atoms with Crippen LogP contribution in [-0.4, -0.2) is 37.2 Å². The molecule has 0 aliphatic rings. The smallest absolute Gasteiger partial charge is 0.310 e. The quantitative estimate of drug-likeness (QED) is 0.0261. The van der Waals surface area contributed by atoms with E-state index in [4.69, 9.17) is 14.2 Å². The number of ether oxygens (including phenoxy) is 3. The molecule has 0 N–H and O–H groups in total. The van der Waals surface area contributed by atoms with E-state index >= 15 is 0 Å². The van der Waals surface area contributed by atoms with E-state index in [-0.39, 0.29) is 31.6 Å². The second kappa shape index (κ2) is 69.3. The van der Waals surface area contributed by atoms with Crippen LogP contribution in [0.15, 0.2) is 122 Å². The molecule has 1 unspecified atom stereocenters. The Labute approximate surface area is 507 Å². The zero-order valence-electron chi connectivity index (χ0n) is 53.7. The highest BCUT2D eigenvalue weighted by Crippen LogP contribution is 2.17. The predicted molar refractivity (Wildman–Crippen MR) is 357 cm³/mol. The van der Waals surface area contributed by atoms with Crippen LogP contribution in [0.4, 0.5) is 0 Å². The molecule has 82 heavy (non-hydrogen) atoms. The number of esters is 3. The van der Waals surface area contributed by atoms with Gasteiger partial charge in [0.25, 0.3) is 0 Å². The van der Waals surface area contributed by atoms with Gasteiger partial charge in [-0.1, -0.05) is 316 Å². The van der Waals surface area contributed by atoms with Crippen molar-refractivity contribution in [3.63, 3.8) is 0 Å². The van der Waals surface area contributed by atoms with Crippen molar-refractivity contribution >= 4 is 17.9 Å². The summed E-state index contributed by atoms with van der Waals surface area (Å²) in [6.45, 7) is 6.34. The third-order valence-corrected chi connectivity index (χ3v) is 14.7. The van der Waals surface area contributed by atoms with Crippen LogP contribution in [-0.2, 0) is 28.6 Å². The maximum atomic E-state index is 12.8. The van der Waals surface area contributed by atoms with E-state index in [1.807, 2.05) is 6.08 Å². The minimum absolute atomic E-state index is 0.0947. The minimum Gasteiger partial charge on any atom is -0.462 e. The summed E-state index contributed by atoms with van der Waals surface area (Å²) in [5.41, 5.74) is 0. The second-order valence-electron chi connectivity index (χ2n) is 22.7. The van der Waals surface area contributed by atoms with Gasteiger partial charge < -0.3 is 14.2 Å². The fourth-order valence-electron chi connectivity index (χ4n) is 9.62. The van der Waals surface area contributed by atoms with Gasteiger partial charge in [0.2, 0.25) is 0 Å². The number of rotatable bonds is 62. The van der Waals surface area contributed by atoms with Gasteiger partial charge in [-0.05, 0) is 109 Å².